The van der Waals surface area contributed by atoms with Crippen molar-refractivity contribution < 1.29 is 9.90 Å². The molecule has 0 radical (unpaired) electrons. The molecule has 1 fully saturated rings. The third kappa shape index (κ3) is 3.14. The van der Waals surface area contributed by atoms with Crippen molar-refractivity contribution in [2.75, 3.05) is 6.54 Å². The van der Waals surface area contributed by atoms with E-state index in [9.17, 15) is 9.90 Å². The molecule has 1 saturated heterocycles. The average molecular weight is 279 g/mol. The highest BCUT2D eigenvalue weighted by Crippen LogP contribution is 2.32. The molecule has 2 aliphatic heterocycles. The van der Waals surface area contributed by atoms with Gasteiger partial charge < -0.3 is 15.7 Å². The number of carboxylic acids is 1. The lowest BCUT2D eigenvalue weighted by molar-refractivity contribution is -0.133. The van der Waals surface area contributed by atoms with Gasteiger partial charge in [0.2, 0.25) is 0 Å². The first kappa shape index (κ1) is 14.9. The maximum atomic E-state index is 11.6. The number of fused-ring (bicyclic) bond motifs is 1. The van der Waals surface area contributed by atoms with E-state index in [4.69, 9.17) is 5.73 Å². The number of carbonyl (C=O) groups is 1. The Hall–Kier alpha value is -1.52. The van der Waals surface area contributed by atoms with E-state index < -0.39 is 5.97 Å². The number of aliphatic imine (C=N–C) groups is 1. The van der Waals surface area contributed by atoms with Gasteiger partial charge in [0, 0.05) is 12.2 Å². The molecule has 0 bridgehead atoms. The summed E-state index contributed by atoms with van der Waals surface area (Å²) in [6.07, 6.45) is 8.41. The number of carboxylic acid groups (broad SMARTS) is 1. The van der Waals surface area contributed by atoms with Crippen molar-refractivity contribution in [2.45, 2.75) is 64.3 Å². The van der Waals surface area contributed by atoms with Crippen LogP contribution in [-0.4, -0.2) is 34.5 Å². The molecule has 3 N–H and O–H groups in total. The number of nitrogens with two attached hydrogens (primary N) is 1. The number of nitrogens with zero attached hydrogens (tertiary/aromatic N) is 2. The number of unbranched alkanes of at least 4 members (excludes halogenated alkanes) is 4. The van der Waals surface area contributed by atoms with E-state index in [0.717, 1.165) is 44.3 Å². The van der Waals surface area contributed by atoms with Gasteiger partial charge in [-0.05, 0) is 19.3 Å². The zero-order valence-electron chi connectivity index (χ0n) is 12.3. The number of rotatable bonds is 7. The summed E-state index contributed by atoms with van der Waals surface area (Å²) in [5.41, 5.74) is 7.34. The fraction of sp³-hybridized carbons (Fsp3) is 0.733. The molecule has 5 nitrogen and oxygen atoms in total. The van der Waals surface area contributed by atoms with E-state index in [1.165, 1.54) is 19.3 Å². The lowest BCUT2D eigenvalue weighted by atomic mass is 9.96. The molecule has 2 rings (SSSR count). The minimum atomic E-state index is -0.832. The van der Waals surface area contributed by atoms with Gasteiger partial charge in [-0.25, -0.2) is 9.79 Å². The van der Waals surface area contributed by atoms with Crippen LogP contribution in [0.15, 0.2) is 16.3 Å². The van der Waals surface area contributed by atoms with Gasteiger partial charge in [-0.3, -0.25) is 0 Å². The predicted molar refractivity (Wildman–Crippen MR) is 79.4 cm³/mol. The monoisotopic (exact) mass is 279 g/mol. The molecular formula is C15H25N3O2. The SMILES string of the molecule is CCCCCCC[C@@H]1N=C(N)N2CCCC2=C1C(=O)O. The fourth-order valence-electron chi connectivity index (χ4n) is 3.11. The molecule has 20 heavy (non-hydrogen) atoms. The Balaban J connectivity index is 2.02. The van der Waals surface area contributed by atoms with E-state index in [-0.39, 0.29) is 6.04 Å². The van der Waals surface area contributed by atoms with E-state index in [0.29, 0.717) is 11.5 Å². The molecule has 0 spiro atoms. The maximum absolute atomic E-state index is 11.6. The molecule has 0 aliphatic carbocycles. The van der Waals surface area contributed by atoms with E-state index in [1.54, 1.807) is 0 Å². The summed E-state index contributed by atoms with van der Waals surface area (Å²) in [4.78, 5) is 17.9. The maximum Gasteiger partial charge on any atom is 0.335 e. The zero-order chi connectivity index (χ0) is 14.5. The van der Waals surface area contributed by atoms with Crippen LogP contribution in [0.5, 0.6) is 0 Å². The molecule has 2 aliphatic rings. The van der Waals surface area contributed by atoms with Gasteiger partial charge in [-0.1, -0.05) is 39.0 Å². The Morgan fingerprint density at radius 2 is 2.15 bits per heavy atom. The first-order valence-electron chi connectivity index (χ1n) is 7.72. The van der Waals surface area contributed by atoms with E-state index in [1.807, 2.05) is 4.90 Å². The van der Waals surface area contributed by atoms with E-state index in [2.05, 4.69) is 11.9 Å². The minimum Gasteiger partial charge on any atom is -0.478 e. The fourth-order valence-corrected chi connectivity index (χ4v) is 3.11. The molecule has 2 heterocycles. The van der Waals surface area contributed by atoms with Crippen LogP contribution in [0, 0.1) is 0 Å². The van der Waals surface area contributed by atoms with Gasteiger partial charge in [-0.2, -0.15) is 0 Å². The van der Waals surface area contributed by atoms with Crippen LogP contribution in [0.2, 0.25) is 0 Å². The number of guanidine groups is 1. The average Bonchev–Trinajstić information content (AvgIpc) is 2.87. The smallest absolute Gasteiger partial charge is 0.335 e. The lowest BCUT2D eigenvalue weighted by Crippen LogP contribution is -2.41. The second kappa shape index (κ2) is 6.77. The Labute approximate surface area is 120 Å². The van der Waals surface area contributed by atoms with Crippen molar-refractivity contribution in [3.8, 4) is 0 Å². The van der Waals surface area contributed by atoms with Crippen LogP contribution in [0.4, 0.5) is 0 Å². The predicted octanol–water partition coefficient (Wildman–Crippen LogP) is 2.48. The van der Waals surface area contributed by atoms with Gasteiger partial charge in [0.15, 0.2) is 5.96 Å². The molecule has 0 aromatic carbocycles. The topological polar surface area (TPSA) is 78.9 Å². The number of allylic oxidation sites excluding steroid dienone is 1. The van der Waals surface area contributed by atoms with Crippen molar-refractivity contribution >= 4 is 11.9 Å². The lowest BCUT2D eigenvalue weighted by Gasteiger charge is -2.29. The van der Waals surface area contributed by atoms with Crippen molar-refractivity contribution in [1.82, 2.24) is 4.90 Å². The summed E-state index contributed by atoms with van der Waals surface area (Å²) in [6, 6.07) is -0.251. The van der Waals surface area contributed by atoms with Crippen LogP contribution < -0.4 is 5.73 Å². The zero-order valence-corrected chi connectivity index (χ0v) is 12.3. The first-order chi connectivity index (χ1) is 9.65. The highest BCUT2D eigenvalue weighted by Gasteiger charge is 2.34. The highest BCUT2D eigenvalue weighted by molar-refractivity contribution is 5.93. The molecule has 5 heteroatoms. The standard InChI is InChI=1S/C15H25N3O2/c1-2-3-4-5-6-8-11-13(14(19)20)12-9-7-10-18(12)15(16)17-11/h11H,2-10H2,1H3,(H2,16,17)(H,19,20)/t11-/m0/s1. The van der Waals surface area contributed by atoms with Gasteiger partial charge in [-0.15, -0.1) is 0 Å². The molecule has 0 aromatic rings. The summed E-state index contributed by atoms with van der Waals surface area (Å²) in [5, 5.41) is 9.49. The van der Waals surface area contributed by atoms with Crippen LogP contribution in [0.3, 0.4) is 0 Å². The summed E-state index contributed by atoms with van der Waals surface area (Å²) in [7, 11) is 0. The molecule has 1 atom stereocenters. The third-order valence-corrected chi connectivity index (χ3v) is 4.14. The molecule has 112 valence electrons. The van der Waals surface area contributed by atoms with Gasteiger partial charge in [0.1, 0.15) is 0 Å². The number of hydrogen-bond acceptors (Lipinski definition) is 4. The quantitative estimate of drug-likeness (QED) is 0.702. The Morgan fingerprint density at radius 1 is 1.40 bits per heavy atom. The van der Waals surface area contributed by atoms with Crippen LogP contribution in [0.25, 0.3) is 0 Å². The van der Waals surface area contributed by atoms with Crippen molar-refractivity contribution in [2.24, 2.45) is 10.7 Å². The van der Waals surface area contributed by atoms with Crippen molar-refractivity contribution in [1.29, 1.82) is 0 Å². The van der Waals surface area contributed by atoms with Gasteiger partial charge in [0.05, 0.1) is 11.6 Å². The first-order valence-corrected chi connectivity index (χ1v) is 7.72. The van der Waals surface area contributed by atoms with Crippen LogP contribution >= 0.6 is 0 Å². The second-order valence-electron chi connectivity index (χ2n) is 5.63. The summed E-state index contributed by atoms with van der Waals surface area (Å²) in [6.45, 7) is 2.98. The molecule has 0 amide bonds. The van der Waals surface area contributed by atoms with E-state index >= 15 is 0 Å². The normalized spacial score (nSPS) is 21.9. The van der Waals surface area contributed by atoms with Crippen LogP contribution in [-0.2, 0) is 4.79 Å². The molecule has 0 saturated carbocycles. The van der Waals surface area contributed by atoms with Crippen molar-refractivity contribution in [3.05, 3.63) is 11.3 Å². The summed E-state index contributed by atoms with van der Waals surface area (Å²) < 4.78 is 0. The summed E-state index contributed by atoms with van der Waals surface area (Å²) in [5.74, 6) is -0.331. The molecule has 0 unspecified atom stereocenters. The largest absolute Gasteiger partial charge is 0.478 e. The number of hydrogen-bond donors (Lipinski definition) is 2. The van der Waals surface area contributed by atoms with Gasteiger partial charge in [0.25, 0.3) is 0 Å². The Kier molecular flexibility index (Phi) is 5.04. The van der Waals surface area contributed by atoms with Crippen LogP contribution in [0.1, 0.15) is 58.3 Å². The van der Waals surface area contributed by atoms with Gasteiger partial charge >= 0.3 is 5.97 Å². The Morgan fingerprint density at radius 3 is 2.85 bits per heavy atom. The third-order valence-electron chi connectivity index (χ3n) is 4.14. The summed E-state index contributed by atoms with van der Waals surface area (Å²) >= 11 is 0. The Bertz CT molecular complexity index is 429. The second-order valence-corrected chi connectivity index (χ2v) is 5.63. The number of aliphatic carboxylic acids is 1. The highest BCUT2D eigenvalue weighted by atomic mass is 16.4. The minimum absolute atomic E-state index is 0.251. The molecule has 0 aromatic heterocycles. The van der Waals surface area contributed by atoms with Crippen molar-refractivity contribution in [3.63, 3.8) is 0 Å². The molecular weight excluding hydrogens is 254 g/mol.